The van der Waals surface area contributed by atoms with Crippen LogP contribution in [0.25, 0.3) is 23.3 Å². The van der Waals surface area contributed by atoms with Gasteiger partial charge in [0.1, 0.15) is 0 Å². The maximum Gasteiger partial charge on any atom is 0.201 e. The summed E-state index contributed by atoms with van der Waals surface area (Å²) in [6.45, 7) is 2.18. The van der Waals surface area contributed by atoms with E-state index in [1.54, 1.807) is 42.5 Å². The van der Waals surface area contributed by atoms with E-state index in [2.05, 4.69) is 6.92 Å². The van der Waals surface area contributed by atoms with Gasteiger partial charge >= 0.3 is 0 Å². The fourth-order valence-corrected chi connectivity index (χ4v) is 4.78. The molecule has 1 saturated carbocycles. The molecule has 1 aliphatic rings. The molecule has 5 heteroatoms. The molecule has 34 heavy (non-hydrogen) atoms. The molecule has 1 nitrogen and oxygen atoms in total. The zero-order valence-corrected chi connectivity index (χ0v) is 19.4. The molecule has 178 valence electrons. The summed E-state index contributed by atoms with van der Waals surface area (Å²) >= 11 is 0. The molecule has 3 aromatic rings. The van der Waals surface area contributed by atoms with Gasteiger partial charge in [0, 0.05) is 11.1 Å². The Hall–Kier alpha value is -3.08. The lowest BCUT2D eigenvalue weighted by atomic mass is 9.77. The van der Waals surface area contributed by atoms with Crippen molar-refractivity contribution in [2.75, 3.05) is 7.11 Å². The fraction of sp³-hybridized carbons (Fsp3) is 0.310. The summed E-state index contributed by atoms with van der Waals surface area (Å²) in [4.78, 5) is 0. The van der Waals surface area contributed by atoms with E-state index in [0.29, 0.717) is 17.0 Å². The van der Waals surface area contributed by atoms with Crippen LogP contribution >= 0.6 is 0 Å². The molecule has 1 aliphatic carbocycles. The van der Waals surface area contributed by atoms with Crippen LogP contribution in [-0.4, -0.2) is 7.11 Å². The van der Waals surface area contributed by atoms with Crippen LogP contribution < -0.4 is 4.74 Å². The zero-order valence-electron chi connectivity index (χ0n) is 19.4. The molecule has 0 saturated heterocycles. The Balaban J connectivity index is 1.50. The normalized spacial score (nSPS) is 18.4. The second kappa shape index (κ2) is 10.5. The molecule has 0 N–H and O–H groups in total. The number of ether oxygens (including phenoxy) is 1. The van der Waals surface area contributed by atoms with Crippen molar-refractivity contribution in [3.8, 4) is 16.9 Å². The van der Waals surface area contributed by atoms with Crippen molar-refractivity contribution in [1.82, 2.24) is 0 Å². The van der Waals surface area contributed by atoms with Gasteiger partial charge in [0.25, 0.3) is 0 Å². The molecule has 0 heterocycles. The third-order valence-corrected chi connectivity index (χ3v) is 6.95. The average molecular weight is 469 g/mol. The average Bonchev–Trinajstić information content (AvgIpc) is 2.87. The second-order valence-corrected chi connectivity index (χ2v) is 8.90. The summed E-state index contributed by atoms with van der Waals surface area (Å²) in [6, 6.07) is 12.9. The monoisotopic (exact) mass is 468 g/mol. The minimum atomic E-state index is -1.04. The minimum Gasteiger partial charge on any atom is -0.494 e. The van der Waals surface area contributed by atoms with Crippen molar-refractivity contribution in [1.29, 1.82) is 0 Å². The van der Waals surface area contributed by atoms with Crippen molar-refractivity contribution < 1.29 is 22.3 Å². The molecule has 1 fully saturated rings. The second-order valence-electron chi connectivity index (χ2n) is 8.90. The summed E-state index contributed by atoms with van der Waals surface area (Å²) < 4.78 is 62.8. The van der Waals surface area contributed by atoms with E-state index in [1.165, 1.54) is 25.3 Å². The zero-order chi connectivity index (χ0) is 24.2. The number of hydrogen-bond acceptors (Lipinski definition) is 1. The highest BCUT2D eigenvalue weighted by Gasteiger charge is 2.25. The molecule has 0 unspecified atom stereocenters. The summed E-state index contributed by atoms with van der Waals surface area (Å²) in [5, 5.41) is 0. The fourth-order valence-electron chi connectivity index (χ4n) is 4.78. The van der Waals surface area contributed by atoms with Gasteiger partial charge in [0.2, 0.25) is 5.82 Å². The van der Waals surface area contributed by atoms with Gasteiger partial charge in [0.15, 0.2) is 23.2 Å². The molecule has 0 aromatic heterocycles. The highest BCUT2D eigenvalue weighted by molar-refractivity contribution is 5.73. The number of benzene rings is 3. The highest BCUT2D eigenvalue weighted by Crippen LogP contribution is 2.39. The predicted octanol–water partition coefficient (Wildman–Crippen LogP) is 8.77. The van der Waals surface area contributed by atoms with Crippen LogP contribution in [0.2, 0.25) is 0 Å². The molecular formula is C29H28F4O. The van der Waals surface area contributed by atoms with Crippen LogP contribution in [0.4, 0.5) is 17.6 Å². The van der Waals surface area contributed by atoms with Gasteiger partial charge in [-0.25, -0.2) is 13.2 Å². The molecular weight excluding hydrogens is 440 g/mol. The van der Waals surface area contributed by atoms with E-state index in [4.69, 9.17) is 4.74 Å². The summed E-state index contributed by atoms with van der Waals surface area (Å²) in [7, 11) is 1.28. The van der Waals surface area contributed by atoms with Crippen LogP contribution in [-0.2, 0) is 0 Å². The van der Waals surface area contributed by atoms with Crippen LogP contribution in [0.1, 0.15) is 61.6 Å². The molecule has 3 aromatic carbocycles. The number of rotatable bonds is 6. The molecule has 0 radical (unpaired) electrons. The Morgan fingerprint density at radius 2 is 1.47 bits per heavy atom. The summed E-state index contributed by atoms with van der Waals surface area (Å²) in [5.41, 5.74) is 1.99. The van der Waals surface area contributed by atoms with E-state index in [0.717, 1.165) is 37.7 Å². The Morgan fingerprint density at radius 1 is 0.765 bits per heavy atom. The van der Waals surface area contributed by atoms with Crippen molar-refractivity contribution in [3.63, 3.8) is 0 Å². The van der Waals surface area contributed by atoms with E-state index in [1.807, 2.05) is 0 Å². The largest absolute Gasteiger partial charge is 0.494 e. The van der Waals surface area contributed by atoms with E-state index >= 15 is 0 Å². The van der Waals surface area contributed by atoms with Crippen molar-refractivity contribution in [3.05, 3.63) is 88.5 Å². The topological polar surface area (TPSA) is 9.23 Å². The van der Waals surface area contributed by atoms with Gasteiger partial charge < -0.3 is 4.74 Å². The Labute approximate surface area is 198 Å². The third kappa shape index (κ3) is 4.89. The Morgan fingerprint density at radius 3 is 2.12 bits per heavy atom. The maximum absolute atomic E-state index is 14.8. The maximum atomic E-state index is 14.8. The third-order valence-electron chi connectivity index (χ3n) is 6.95. The number of halogens is 4. The lowest BCUT2D eigenvalue weighted by Gasteiger charge is -2.28. The van der Waals surface area contributed by atoms with Gasteiger partial charge in [-0.2, -0.15) is 4.39 Å². The predicted molar refractivity (Wildman–Crippen MR) is 129 cm³/mol. The van der Waals surface area contributed by atoms with Crippen LogP contribution in [0, 0.1) is 29.2 Å². The quantitative estimate of drug-likeness (QED) is 0.259. The lowest BCUT2D eigenvalue weighted by molar-refractivity contribution is 0.312. The minimum absolute atomic E-state index is 0.0751. The first-order chi connectivity index (χ1) is 16.4. The SMILES string of the molecule is CCC1CCC(c2ccc(/C=C/c3ccc(-c4ccc(OC)c(F)c4F)cc3)c(F)c2F)CC1. The van der Waals surface area contributed by atoms with E-state index < -0.39 is 23.3 Å². The first kappa shape index (κ1) is 24.1. The van der Waals surface area contributed by atoms with E-state index in [9.17, 15) is 17.6 Å². The van der Waals surface area contributed by atoms with Gasteiger partial charge in [-0.3, -0.25) is 0 Å². The number of methoxy groups -OCH3 is 1. The molecule has 0 spiro atoms. The first-order valence-electron chi connectivity index (χ1n) is 11.7. The smallest absolute Gasteiger partial charge is 0.201 e. The highest BCUT2D eigenvalue weighted by atomic mass is 19.2. The van der Waals surface area contributed by atoms with Crippen molar-refractivity contribution >= 4 is 12.2 Å². The van der Waals surface area contributed by atoms with Crippen LogP contribution in [0.3, 0.4) is 0 Å². The molecule has 4 rings (SSSR count). The Kier molecular flexibility index (Phi) is 7.40. The Bertz CT molecular complexity index is 1180. The molecule has 0 aliphatic heterocycles. The van der Waals surface area contributed by atoms with Crippen molar-refractivity contribution in [2.45, 2.75) is 44.9 Å². The van der Waals surface area contributed by atoms with E-state index in [-0.39, 0.29) is 22.8 Å². The number of hydrogen-bond donors (Lipinski definition) is 0. The van der Waals surface area contributed by atoms with Crippen LogP contribution in [0.5, 0.6) is 5.75 Å². The van der Waals surface area contributed by atoms with Gasteiger partial charge in [0.05, 0.1) is 7.11 Å². The van der Waals surface area contributed by atoms with Gasteiger partial charge in [-0.15, -0.1) is 0 Å². The van der Waals surface area contributed by atoms with Gasteiger partial charge in [-0.1, -0.05) is 61.9 Å². The molecule has 0 bridgehead atoms. The first-order valence-corrected chi connectivity index (χ1v) is 11.7. The molecule has 0 amide bonds. The van der Waals surface area contributed by atoms with Crippen molar-refractivity contribution in [2.24, 2.45) is 5.92 Å². The lowest BCUT2D eigenvalue weighted by Crippen LogP contribution is -2.14. The molecule has 0 atom stereocenters. The summed E-state index contributed by atoms with van der Waals surface area (Å²) in [6.07, 6.45) is 8.25. The van der Waals surface area contributed by atoms with Gasteiger partial charge in [-0.05, 0) is 66.3 Å². The van der Waals surface area contributed by atoms with Crippen LogP contribution in [0.15, 0.2) is 48.5 Å². The standard InChI is InChI=1S/C29H28F4O/c1-3-18-4-9-20(10-5-18)23-15-14-22(26(30)27(23)31)13-8-19-6-11-21(12-7-19)24-16-17-25(34-2)29(33)28(24)32/h6-8,11-18,20H,3-5,9-10H2,1-2H3/b13-8+. The summed E-state index contributed by atoms with van der Waals surface area (Å²) in [5.74, 6) is -3.00.